The molecule has 1 N–H and O–H groups in total. The number of nitrogens with one attached hydrogen (secondary N) is 1. The Kier molecular flexibility index (Phi) is 5.50. The second-order valence-electron chi connectivity index (χ2n) is 3.39. The fourth-order valence-electron chi connectivity index (χ4n) is 1.24. The molecule has 6 heteroatoms. The minimum Gasteiger partial charge on any atom is -0.385 e. The number of hydrogen-bond acceptors (Lipinski definition) is 2. The van der Waals surface area contributed by atoms with E-state index >= 15 is 0 Å². The van der Waals surface area contributed by atoms with E-state index in [1.54, 1.807) is 0 Å². The lowest BCUT2D eigenvalue weighted by atomic mass is 10.2. The van der Waals surface area contributed by atoms with Crippen LogP contribution in [0.2, 0.25) is 0 Å². The van der Waals surface area contributed by atoms with Gasteiger partial charge in [-0.15, -0.1) is 0 Å². The first-order chi connectivity index (χ1) is 8.04. The van der Waals surface area contributed by atoms with Gasteiger partial charge in [0.25, 0.3) is 0 Å². The van der Waals surface area contributed by atoms with Gasteiger partial charge in [0.05, 0.1) is 0 Å². The summed E-state index contributed by atoms with van der Waals surface area (Å²) in [7, 11) is 1.52. The van der Waals surface area contributed by atoms with Gasteiger partial charge in [0.15, 0.2) is 11.6 Å². The van der Waals surface area contributed by atoms with E-state index in [0.717, 1.165) is 12.1 Å². The largest absolute Gasteiger partial charge is 0.385 e. The molecule has 0 saturated carbocycles. The summed E-state index contributed by atoms with van der Waals surface area (Å²) in [6, 6.07) is 2.18. The van der Waals surface area contributed by atoms with E-state index in [4.69, 9.17) is 4.74 Å². The van der Waals surface area contributed by atoms with E-state index < -0.39 is 23.2 Å². The molecule has 0 aliphatic rings. The van der Waals surface area contributed by atoms with Crippen LogP contribution in [0.3, 0.4) is 0 Å². The van der Waals surface area contributed by atoms with Crippen LogP contribution in [-0.2, 0) is 9.53 Å². The van der Waals surface area contributed by atoms with Crippen molar-refractivity contribution in [3.05, 3.63) is 28.2 Å². The molecule has 0 bridgehead atoms. The van der Waals surface area contributed by atoms with Gasteiger partial charge in [0.2, 0.25) is 5.91 Å². The quantitative estimate of drug-likeness (QED) is 0.849. The van der Waals surface area contributed by atoms with Crippen LogP contribution >= 0.6 is 15.9 Å². The highest BCUT2D eigenvalue weighted by Crippen LogP contribution is 2.23. The zero-order chi connectivity index (χ0) is 12.8. The topological polar surface area (TPSA) is 38.3 Å². The number of anilines is 1. The Hall–Kier alpha value is -1.01. The number of halogens is 3. The normalized spacial score (nSPS) is 10.4. The molecule has 94 valence electrons. The van der Waals surface area contributed by atoms with Gasteiger partial charge in [-0.25, -0.2) is 8.78 Å². The van der Waals surface area contributed by atoms with Crippen LogP contribution < -0.4 is 5.32 Å². The van der Waals surface area contributed by atoms with Crippen LogP contribution in [-0.4, -0.2) is 19.6 Å². The zero-order valence-corrected chi connectivity index (χ0v) is 10.8. The SMILES string of the molecule is COCCCC(=O)Nc1c(F)cc(Br)cc1F. The number of methoxy groups -OCH3 is 1. The summed E-state index contributed by atoms with van der Waals surface area (Å²) in [6.45, 7) is 0.429. The van der Waals surface area contributed by atoms with Crippen LogP contribution in [0.15, 0.2) is 16.6 Å². The van der Waals surface area contributed by atoms with E-state index in [0.29, 0.717) is 13.0 Å². The number of carbonyl (C=O) groups excluding carboxylic acids is 1. The molecule has 0 aliphatic carbocycles. The first-order valence-corrected chi connectivity index (χ1v) is 5.77. The van der Waals surface area contributed by atoms with E-state index in [9.17, 15) is 13.6 Å². The number of ether oxygens (including phenoxy) is 1. The summed E-state index contributed by atoms with van der Waals surface area (Å²) in [5, 5.41) is 2.20. The summed E-state index contributed by atoms with van der Waals surface area (Å²) in [5.41, 5.74) is -0.421. The predicted molar refractivity (Wildman–Crippen MR) is 63.8 cm³/mol. The van der Waals surface area contributed by atoms with Gasteiger partial charge in [-0.3, -0.25) is 4.79 Å². The van der Waals surface area contributed by atoms with Gasteiger partial charge >= 0.3 is 0 Å². The third kappa shape index (κ3) is 4.40. The zero-order valence-electron chi connectivity index (χ0n) is 9.23. The molecule has 0 radical (unpaired) electrons. The van der Waals surface area contributed by atoms with Crippen LogP contribution in [0.25, 0.3) is 0 Å². The molecular formula is C11H12BrF2NO2. The summed E-state index contributed by atoms with van der Waals surface area (Å²) in [5.74, 6) is -2.06. The van der Waals surface area contributed by atoms with Gasteiger partial charge in [-0.1, -0.05) is 15.9 Å². The smallest absolute Gasteiger partial charge is 0.224 e. The molecule has 17 heavy (non-hydrogen) atoms. The number of rotatable bonds is 5. The van der Waals surface area contributed by atoms with Crippen molar-refractivity contribution in [2.45, 2.75) is 12.8 Å². The first kappa shape index (κ1) is 14.1. The van der Waals surface area contributed by atoms with Gasteiger partial charge in [-0.2, -0.15) is 0 Å². The standard InChI is InChI=1S/C11H12BrF2NO2/c1-17-4-2-3-10(16)15-11-8(13)5-7(12)6-9(11)14/h5-6H,2-4H2,1H3,(H,15,16). The third-order valence-corrected chi connectivity index (χ3v) is 2.48. The van der Waals surface area contributed by atoms with Crippen molar-refractivity contribution < 1.29 is 18.3 Å². The summed E-state index contributed by atoms with van der Waals surface area (Å²) >= 11 is 2.96. The highest BCUT2D eigenvalue weighted by atomic mass is 79.9. The van der Waals surface area contributed by atoms with Crippen molar-refractivity contribution in [2.75, 3.05) is 19.0 Å². The van der Waals surface area contributed by atoms with Crippen LogP contribution in [0.1, 0.15) is 12.8 Å². The fraction of sp³-hybridized carbons (Fsp3) is 0.364. The maximum Gasteiger partial charge on any atom is 0.224 e. The molecule has 0 atom stereocenters. The Balaban J connectivity index is 2.65. The second-order valence-corrected chi connectivity index (χ2v) is 4.30. The van der Waals surface area contributed by atoms with E-state index in [1.807, 2.05) is 0 Å². The molecule has 0 aliphatic heterocycles. The van der Waals surface area contributed by atoms with E-state index in [2.05, 4.69) is 21.2 Å². The van der Waals surface area contributed by atoms with Gasteiger partial charge in [-0.05, 0) is 18.6 Å². The van der Waals surface area contributed by atoms with Crippen molar-refractivity contribution >= 4 is 27.5 Å². The highest BCUT2D eigenvalue weighted by molar-refractivity contribution is 9.10. The van der Waals surface area contributed by atoms with E-state index in [-0.39, 0.29) is 10.9 Å². The maximum atomic E-state index is 13.4. The predicted octanol–water partition coefficient (Wildman–Crippen LogP) is 3.09. The average molecular weight is 308 g/mol. The number of hydrogen-bond donors (Lipinski definition) is 1. The first-order valence-electron chi connectivity index (χ1n) is 4.98. The molecule has 1 aromatic carbocycles. The van der Waals surface area contributed by atoms with Crippen molar-refractivity contribution in [2.24, 2.45) is 0 Å². The van der Waals surface area contributed by atoms with Crippen LogP contribution in [0.4, 0.5) is 14.5 Å². The van der Waals surface area contributed by atoms with Crippen LogP contribution in [0, 0.1) is 11.6 Å². The fourth-order valence-corrected chi connectivity index (χ4v) is 1.64. The molecular weight excluding hydrogens is 296 g/mol. The van der Waals surface area contributed by atoms with Crippen molar-refractivity contribution in [3.8, 4) is 0 Å². The minimum absolute atomic E-state index is 0.156. The lowest BCUT2D eigenvalue weighted by molar-refractivity contribution is -0.116. The molecule has 0 aromatic heterocycles. The Bertz CT molecular complexity index is 389. The van der Waals surface area contributed by atoms with Gasteiger partial charge in [0.1, 0.15) is 5.69 Å². The van der Waals surface area contributed by atoms with Crippen molar-refractivity contribution in [1.82, 2.24) is 0 Å². The molecule has 1 amide bonds. The summed E-state index contributed by atoms with van der Waals surface area (Å²) < 4.78 is 31.8. The Morgan fingerprint density at radius 2 is 2.00 bits per heavy atom. The van der Waals surface area contributed by atoms with Crippen molar-refractivity contribution in [1.29, 1.82) is 0 Å². The number of carbonyl (C=O) groups is 1. The van der Waals surface area contributed by atoms with Crippen molar-refractivity contribution in [3.63, 3.8) is 0 Å². The average Bonchev–Trinajstić information content (AvgIpc) is 2.24. The Morgan fingerprint density at radius 3 is 2.53 bits per heavy atom. The highest BCUT2D eigenvalue weighted by Gasteiger charge is 2.13. The molecule has 3 nitrogen and oxygen atoms in total. The molecule has 0 fully saturated rings. The third-order valence-electron chi connectivity index (χ3n) is 2.02. The van der Waals surface area contributed by atoms with Gasteiger partial charge in [0, 0.05) is 24.6 Å². The molecule has 1 rings (SSSR count). The lowest BCUT2D eigenvalue weighted by Crippen LogP contribution is -2.14. The van der Waals surface area contributed by atoms with Gasteiger partial charge < -0.3 is 10.1 Å². The molecule has 1 aromatic rings. The van der Waals surface area contributed by atoms with E-state index in [1.165, 1.54) is 7.11 Å². The number of amides is 1. The van der Waals surface area contributed by atoms with Crippen LogP contribution in [0.5, 0.6) is 0 Å². The number of benzene rings is 1. The summed E-state index contributed by atoms with van der Waals surface area (Å²) in [6.07, 6.45) is 0.658. The molecule has 0 unspecified atom stereocenters. The maximum absolute atomic E-state index is 13.4. The molecule has 0 saturated heterocycles. The molecule has 0 heterocycles. The Morgan fingerprint density at radius 1 is 1.41 bits per heavy atom. The second kappa shape index (κ2) is 6.66. The lowest BCUT2D eigenvalue weighted by Gasteiger charge is -2.08. The Labute approximate surface area is 106 Å². The minimum atomic E-state index is -0.808. The monoisotopic (exact) mass is 307 g/mol. The summed E-state index contributed by atoms with van der Waals surface area (Å²) in [4.78, 5) is 11.4. The molecule has 0 spiro atoms.